The van der Waals surface area contributed by atoms with Crippen molar-refractivity contribution < 1.29 is 9.53 Å². The molecule has 0 saturated heterocycles. The highest BCUT2D eigenvalue weighted by atomic mass is 79.9. The van der Waals surface area contributed by atoms with Crippen molar-refractivity contribution in [1.82, 2.24) is 0 Å². The van der Waals surface area contributed by atoms with Gasteiger partial charge in [0.05, 0.1) is 12.0 Å². The van der Waals surface area contributed by atoms with Crippen LogP contribution in [0.4, 0.5) is 0 Å². The number of primary amides is 1. The van der Waals surface area contributed by atoms with Gasteiger partial charge in [0.15, 0.2) is 0 Å². The standard InChI is InChI=1S/C11H14BrNO2/c1-11(15-2,7-10(13)14)8-3-5-9(12)6-4-8/h3-6H,7H2,1-2H3,(H2,13,14). The molecule has 15 heavy (non-hydrogen) atoms. The number of halogens is 1. The molecule has 1 unspecified atom stereocenters. The first-order valence-electron chi connectivity index (χ1n) is 4.57. The lowest BCUT2D eigenvalue weighted by Crippen LogP contribution is -2.30. The van der Waals surface area contributed by atoms with Crippen molar-refractivity contribution in [2.75, 3.05) is 7.11 Å². The Hall–Kier alpha value is -0.870. The Labute approximate surface area is 97.7 Å². The number of ether oxygens (including phenoxy) is 1. The molecule has 0 saturated carbocycles. The molecule has 1 aromatic rings. The van der Waals surface area contributed by atoms with Crippen molar-refractivity contribution in [3.8, 4) is 0 Å². The molecule has 0 aliphatic carbocycles. The van der Waals surface area contributed by atoms with Gasteiger partial charge < -0.3 is 10.5 Å². The molecule has 0 heterocycles. The number of rotatable bonds is 4. The van der Waals surface area contributed by atoms with Gasteiger partial charge in [0.1, 0.15) is 0 Å². The molecular formula is C11H14BrNO2. The van der Waals surface area contributed by atoms with Gasteiger partial charge in [-0.3, -0.25) is 4.79 Å². The maximum atomic E-state index is 10.9. The average Bonchev–Trinajstić information content (AvgIpc) is 2.17. The van der Waals surface area contributed by atoms with Gasteiger partial charge in [-0.15, -0.1) is 0 Å². The fourth-order valence-corrected chi connectivity index (χ4v) is 1.69. The van der Waals surface area contributed by atoms with Gasteiger partial charge in [-0.25, -0.2) is 0 Å². The first-order valence-corrected chi connectivity index (χ1v) is 5.37. The Morgan fingerprint density at radius 3 is 2.40 bits per heavy atom. The number of hydrogen-bond acceptors (Lipinski definition) is 2. The summed E-state index contributed by atoms with van der Waals surface area (Å²) >= 11 is 3.35. The van der Waals surface area contributed by atoms with Crippen LogP contribution in [-0.2, 0) is 15.1 Å². The number of amides is 1. The van der Waals surface area contributed by atoms with Gasteiger partial charge in [-0.05, 0) is 24.6 Å². The minimum Gasteiger partial charge on any atom is -0.373 e. The smallest absolute Gasteiger partial charge is 0.220 e. The average molecular weight is 272 g/mol. The summed E-state index contributed by atoms with van der Waals surface area (Å²) < 4.78 is 6.35. The van der Waals surface area contributed by atoms with Crippen LogP contribution in [0.25, 0.3) is 0 Å². The first-order chi connectivity index (χ1) is 6.98. The van der Waals surface area contributed by atoms with E-state index in [9.17, 15) is 4.79 Å². The molecule has 0 aliphatic heterocycles. The zero-order chi connectivity index (χ0) is 11.5. The Balaban J connectivity index is 3.00. The van der Waals surface area contributed by atoms with Crippen LogP contribution in [0.5, 0.6) is 0 Å². The van der Waals surface area contributed by atoms with E-state index in [1.165, 1.54) is 0 Å². The lowest BCUT2D eigenvalue weighted by atomic mass is 9.92. The Morgan fingerprint density at radius 1 is 1.47 bits per heavy atom. The van der Waals surface area contributed by atoms with Gasteiger partial charge in [-0.1, -0.05) is 28.1 Å². The molecule has 1 amide bonds. The minimum absolute atomic E-state index is 0.172. The predicted molar refractivity (Wildman–Crippen MR) is 62.3 cm³/mol. The summed E-state index contributed by atoms with van der Waals surface area (Å²) in [6.45, 7) is 1.85. The molecule has 0 fully saturated rings. The van der Waals surface area contributed by atoms with E-state index in [-0.39, 0.29) is 12.3 Å². The van der Waals surface area contributed by atoms with E-state index < -0.39 is 5.60 Å². The normalized spacial score (nSPS) is 14.6. The summed E-state index contributed by atoms with van der Waals surface area (Å²) in [5.74, 6) is -0.373. The maximum Gasteiger partial charge on any atom is 0.220 e. The number of methoxy groups -OCH3 is 1. The quantitative estimate of drug-likeness (QED) is 0.913. The van der Waals surface area contributed by atoms with Crippen molar-refractivity contribution in [3.63, 3.8) is 0 Å². The van der Waals surface area contributed by atoms with Crippen LogP contribution in [0, 0.1) is 0 Å². The molecule has 82 valence electrons. The molecule has 0 radical (unpaired) electrons. The van der Waals surface area contributed by atoms with E-state index in [2.05, 4.69) is 15.9 Å². The van der Waals surface area contributed by atoms with Crippen molar-refractivity contribution in [1.29, 1.82) is 0 Å². The molecule has 2 N–H and O–H groups in total. The molecule has 0 aliphatic rings. The number of nitrogens with two attached hydrogens (primary N) is 1. The highest BCUT2D eigenvalue weighted by molar-refractivity contribution is 9.10. The van der Waals surface area contributed by atoms with E-state index in [0.29, 0.717) is 0 Å². The van der Waals surface area contributed by atoms with Crippen molar-refractivity contribution >= 4 is 21.8 Å². The second-order valence-corrected chi connectivity index (χ2v) is 4.50. The van der Waals surface area contributed by atoms with Crippen molar-refractivity contribution in [2.24, 2.45) is 5.73 Å². The highest BCUT2D eigenvalue weighted by Gasteiger charge is 2.28. The first kappa shape index (κ1) is 12.2. The predicted octanol–water partition coefficient (Wildman–Crippen LogP) is 2.19. The summed E-state index contributed by atoms with van der Waals surface area (Å²) in [5.41, 5.74) is 5.48. The van der Waals surface area contributed by atoms with Crippen LogP contribution in [0.2, 0.25) is 0 Å². The topological polar surface area (TPSA) is 52.3 Å². The van der Waals surface area contributed by atoms with Gasteiger partial charge in [0.2, 0.25) is 5.91 Å². The third-order valence-corrected chi connectivity index (χ3v) is 2.95. The number of carbonyl (C=O) groups excluding carboxylic acids is 1. The summed E-state index contributed by atoms with van der Waals surface area (Å²) in [5, 5.41) is 0. The molecule has 0 bridgehead atoms. The SMILES string of the molecule is COC(C)(CC(N)=O)c1ccc(Br)cc1. The van der Waals surface area contributed by atoms with Gasteiger partial charge in [0, 0.05) is 11.6 Å². The van der Waals surface area contributed by atoms with Crippen LogP contribution in [0.3, 0.4) is 0 Å². The van der Waals surface area contributed by atoms with E-state index in [0.717, 1.165) is 10.0 Å². The Morgan fingerprint density at radius 2 is 2.00 bits per heavy atom. The molecule has 1 atom stereocenters. The van der Waals surface area contributed by atoms with Gasteiger partial charge >= 0.3 is 0 Å². The molecule has 1 rings (SSSR count). The second-order valence-electron chi connectivity index (χ2n) is 3.58. The molecule has 1 aromatic carbocycles. The second kappa shape index (κ2) is 4.77. The van der Waals surface area contributed by atoms with E-state index >= 15 is 0 Å². The monoisotopic (exact) mass is 271 g/mol. The van der Waals surface area contributed by atoms with Crippen LogP contribution in [0.1, 0.15) is 18.9 Å². The minimum atomic E-state index is -0.646. The van der Waals surface area contributed by atoms with Gasteiger partial charge in [-0.2, -0.15) is 0 Å². The largest absolute Gasteiger partial charge is 0.373 e. The molecule has 0 spiro atoms. The zero-order valence-corrected chi connectivity index (χ0v) is 10.4. The lowest BCUT2D eigenvalue weighted by Gasteiger charge is -2.27. The summed E-state index contributed by atoms with van der Waals surface area (Å²) in [4.78, 5) is 10.9. The van der Waals surface area contributed by atoms with Crippen LogP contribution < -0.4 is 5.73 Å². The zero-order valence-electron chi connectivity index (χ0n) is 8.79. The fourth-order valence-electron chi connectivity index (χ4n) is 1.43. The Bertz CT molecular complexity index is 350. The van der Waals surface area contributed by atoms with Gasteiger partial charge in [0.25, 0.3) is 0 Å². The van der Waals surface area contributed by atoms with Crippen molar-refractivity contribution in [2.45, 2.75) is 18.9 Å². The summed E-state index contributed by atoms with van der Waals surface area (Å²) in [7, 11) is 1.57. The van der Waals surface area contributed by atoms with E-state index in [1.54, 1.807) is 7.11 Å². The highest BCUT2D eigenvalue weighted by Crippen LogP contribution is 2.29. The maximum absolute atomic E-state index is 10.9. The molecular weight excluding hydrogens is 258 g/mol. The number of hydrogen-bond donors (Lipinski definition) is 1. The van der Waals surface area contributed by atoms with Crippen LogP contribution in [0.15, 0.2) is 28.7 Å². The van der Waals surface area contributed by atoms with E-state index in [1.807, 2.05) is 31.2 Å². The van der Waals surface area contributed by atoms with Crippen LogP contribution in [-0.4, -0.2) is 13.0 Å². The van der Waals surface area contributed by atoms with Crippen LogP contribution >= 0.6 is 15.9 Å². The third kappa shape index (κ3) is 3.04. The molecule has 0 aromatic heterocycles. The molecule has 3 nitrogen and oxygen atoms in total. The lowest BCUT2D eigenvalue weighted by molar-refractivity contribution is -0.124. The summed E-state index contributed by atoms with van der Waals surface area (Å²) in [6, 6.07) is 7.65. The fraction of sp³-hybridized carbons (Fsp3) is 0.364. The van der Waals surface area contributed by atoms with E-state index in [4.69, 9.17) is 10.5 Å². The number of benzene rings is 1. The number of carbonyl (C=O) groups is 1. The third-order valence-electron chi connectivity index (χ3n) is 2.42. The molecule has 4 heteroatoms. The summed E-state index contributed by atoms with van der Waals surface area (Å²) in [6.07, 6.45) is 0.172. The Kier molecular flexibility index (Phi) is 3.88. The van der Waals surface area contributed by atoms with Crippen molar-refractivity contribution in [3.05, 3.63) is 34.3 Å².